The maximum Gasteiger partial charge on any atom is 0.263 e. The van der Waals surface area contributed by atoms with E-state index in [1.165, 1.54) is 12.1 Å². The highest BCUT2D eigenvalue weighted by molar-refractivity contribution is 5.26. The predicted octanol–water partition coefficient (Wildman–Crippen LogP) is 3.21. The van der Waals surface area contributed by atoms with E-state index >= 15 is 0 Å². The largest absolute Gasteiger partial charge is 0.329 e. The van der Waals surface area contributed by atoms with Crippen LogP contribution in [0.4, 0.5) is 8.78 Å². The predicted molar refractivity (Wildman–Crippen MR) is 70.7 cm³/mol. The first kappa shape index (κ1) is 15.1. The second kappa shape index (κ2) is 6.81. The molecule has 0 saturated carbocycles. The SMILES string of the molecule is CC(C)CN(C)C(CN)c1ccc(C(F)F)cc1. The van der Waals surface area contributed by atoms with Crippen molar-refractivity contribution >= 4 is 0 Å². The Labute approximate surface area is 108 Å². The monoisotopic (exact) mass is 256 g/mol. The first-order valence-corrected chi connectivity index (χ1v) is 6.24. The molecule has 0 fully saturated rings. The van der Waals surface area contributed by atoms with Crippen molar-refractivity contribution < 1.29 is 8.78 Å². The van der Waals surface area contributed by atoms with Crippen molar-refractivity contribution in [1.29, 1.82) is 0 Å². The van der Waals surface area contributed by atoms with E-state index in [2.05, 4.69) is 18.7 Å². The molecule has 0 bridgehead atoms. The van der Waals surface area contributed by atoms with Crippen molar-refractivity contribution in [3.63, 3.8) is 0 Å². The van der Waals surface area contributed by atoms with Crippen LogP contribution in [-0.2, 0) is 0 Å². The standard InChI is InChI=1S/C14H22F2N2/c1-10(2)9-18(3)13(8-17)11-4-6-12(7-5-11)14(15)16/h4-7,10,13-14H,8-9,17H2,1-3H3. The average molecular weight is 256 g/mol. The number of likely N-dealkylation sites (N-methyl/N-ethyl adjacent to an activating group) is 1. The summed E-state index contributed by atoms with van der Waals surface area (Å²) in [7, 11) is 2.01. The minimum atomic E-state index is -2.41. The van der Waals surface area contributed by atoms with Gasteiger partial charge in [0.15, 0.2) is 0 Å². The van der Waals surface area contributed by atoms with Gasteiger partial charge in [-0.25, -0.2) is 8.78 Å². The zero-order chi connectivity index (χ0) is 13.7. The molecule has 1 atom stereocenters. The Morgan fingerprint density at radius 1 is 1.11 bits per heavy atom. The molecule has 1 rings (SSSR count). The van der Waals surface area contributed by atoms with Crippen molar-refractivity contribution in [3.8, 4) is 0 Å². The van der Waals surface area contributed by atoms with Crippen LogP contribution in [0.2, 0.25) is 0 Å². The zero-order valence-electron chi connectivity index (χ0n) is 11.2. The zero-order valence-corrected chi connectivity index (χ0v) is 11.2. The van der Waals surface area contributed by atoms with Crippen LogP contribution in [-0.4, -0.2) is 25.0 Å². The third-order valence-electron chi connectivity index (χ3n) is 2.98. The number of nitrogens with two attached hydrogens (primary N) is 1. The van der Waals surface area contributed by atoms with Crippen LogP contribution in [0.3, 0.4) is 0 Å². The normalized spacial score (nSPS) is 13.6. The fourth-order valence-corrected chi connectivity index (χ4v) is 2.14. The van der Waals surface area contributed by atoms with Crippen molar-refractivity contribution in [1.82, 2.24) is 4.90 Å². The molecule has 1 aromatic rings. The van der Waals surface area contributed by atoms with Gasteiger partial charge in [0.2, 0.25) is 0 Å². The van der Waals surface area contributed by atoms with Crippen molar-refractivity contribution in [3.05, 3.63) is 35.4 Å². The Hall–Kier alpha value is -1.00. The van der Waals surface area contributed by atoms with Gasteiger partial charge in [-0.05, 0) is 18.5 Å². The van der Waals surface area contributed by atoms with Gasteiger partial charge in [-0.1, -0.05) is 38.1 Å². The number of hydrogen-bond acceptors (Lipinski definition) is 2. The summed E-state index contributed by atoms with van der Waals surface area (Å²) < 4.78 is 25.0. The Kier molecular flexibility index (Phi) is 5.69. The highest BCUT2D eigenvalue weighted by atomic mass is 19.3. The molecule has 4 heteroatoms. The third-order valence-corrected chi connectivity index (χ3v) is 2.98. The van der Waals surface area contributed by atoms with Gasteiger partial charge >= 0.3 is 0 Å². The molecule has 102 valence electrons. The lowest BCUT2D eigenvalue weighted by Crippen LogP contribution is -2.33. The molecular weight excluding hydrogens is 234 g/mol. The maximum absolute atomic E-state index is 12.5. The molecule has 0 spiro atoms. The Bertz CT molecular complexity index is 349. The van der Waals surface area contributed by atoms with Gasteiger partial charge in [-0.3, -0.25) is 4.90 Å². The van der Waals surface area contributed by atoms with E-state index in [4.69, 9.17) is 5.73 Å². The quantitative estimate of drug-likeness (QED) is 0.846. The molecule has 0 aromatic heterocycles. The molecule has 0 amide bonds. The lowest BCUT2D eigenvalue weighted by molar-refractivity contribution is 0.151. The molecule has 0 heterocycles. The molecule has 2 nitrogen and oxygen atoms in total. The second-order valence-corrected chi connectivity index (χ2v) is 5.05. The van der Waals surface area contributed by atoms with Gasteiger partial charge in [0, 0.05) is 24.7 Å². The minimum absolute atomic E-state index is 0.0565. The van der Waals surface area contributed by atoms with Gasteiger partial charge in [0.1, 0.15) is 0 Å². The fourth-order valence-electron chi connectivity index (χ4n) is 2.14. The number of benzene rings is 1. The van der Waals surface area contributed by atoms with Gasteiger partial charge in [-0.2, -0.15) is 0 Å². The Morgan fingerprint density at radius 3 is 2.00 bits per heavy atom. The number of hydrogen-bond donors (Lipinski definition) is 1. The van der Waals surface area contributed by atoms with Crippen LogP contribution < -0.4 is 5.73 Å². The first-order valence-electron chi connectivity index (χ1n) is 6.24. The van der Waals surface area contributed by atoms with Gasteiger partial charge in [-0.15, -0.1) is 0 Å². The van der Waals surface area contributed by atoms with Crippen LogP contribution in [0.5, 0.6) is 0 Å². The van der Waals surface area contributed by atoms with Gasteiger partial charge in [0.05, 0.1) is 0 Å². The third kappa shape index (κ3) is 4.03. The van der Waals surface area contributed by atoms with Crippen molar-refractivity contribution in [2.24, 2.45) is 11.7 Å². The molecular formula is C14H22F2N2. The molecule has 0 aliphatic rings. The number of nitrogens with zero attached hydrogens (tertiary/aromatic N) is 1. The van der Waals surface area contributed by atoms with Crippen LogP contribution in [0.15, 0.2) is 24.3 Å². The van der Waals surface area contributed by atoms with E-state index < -0.39 is 6.43 Å². The molecule has 0 radical (unpaired) electrons. The summed E-state index contributed by atoms with van der Waals surface area (Å²) in [4.78, 5) is 2.17. The lowest BCUT2D eigenvalue weighted by atomic mass is 10.0. The van der Waals surface area contributed by atoms with E-state index in [1.54, 1.807) is 12.1 Å². The first-order chi connectivity index (χ1) is 8.45. The van der Waals surface area contributed by atoms with E-state index in [9.17, 15) is 8.78 Å². The fraction of sp³-hybridized carbons (Fsp3) is 0.571. The van der Waals surface area contributed by atoms with E-state index in [1.807, 2.05) is 7.05 Å². The highest BCUT2D eigenvalue weighted by Gasteiger charge is 2.17. The molecule has 1 unspecified atom stereocenters. The van der Waals surface area contributed by atoms with E-state index in [0.29, 0.717) is 12.5 Å². The van der Waals surface area contributed by atoms with Crippen molar-refractivity contribution in [2.45, 2.75) is 26.3 Å². The lowest BCUT2D eigenvalue weighted by Gasteiger charge is -2.29. The Balaban J connectivity index is 2.81. The molecule has 18 heavy (non-hydrogen) atoms. The summed E-state index contributed by atoms with van der Waals surface area (Å²) in [5.74, 6) is 0.546. The molecule has 1 aromatic carbocycles. The summed E-state index contributed by atoms with van der Waals surface area (Å²) in [6, 6.07) is 6.53. The average Bonchev–Trinajstić information content (AvgIpc) is 2.29. The summed E-state index contributed by atoms with van der Waals surface area (Å²) in [6.45, 7) is 5.70. The maximum atomic E-state index is 12.5. The van der Waals surface area contributed by atoms with Crippen LogP contribution in [0.1, 0.15) is 37.4 Å². The molecule has 0 aliphatic heterocycles. The van der Waals surface area contributed by atoms with E-state index in [0.717, 1.165) is 12.1 Å². The number of alkyl halides is 2. The highest BCUT2D eigenvalue weighted by Crippen LogP contribution is 2.23. The summed E-state index contributed by atoms with van der Waals surface area (Å²) in [5, 5.41) is 0. The van der Waals surface area contributed by atoms with Crippen LogP contribution >= 0.6 is 0 Å². The van der Waals surface area contributed by atoms with Gasteiger partial charge in [0.25, 0.3) is 6.43 Å². The minimum Gasteiger partial charge on any atom is -0.329 e. The molecule has 2 N–H and O–H groups in total. The Morgan fingerprint density at radius 2 is 1.61 bits per heavy atom. The summed E-state index contributed by atoms with van der Waals surface area (Å²) >= 11 is 0. The molecule has 0 saturated heterocycles. The molecule has 0 aliphatic carbocycles. The number of rotatable bonds is 6. The summed E-state index contributed by atoms with van der Waals surface area (Å²) in [5.41, 5.74) is 6.84. The second-order valence-electron chi connectivity index (χ2n) is 5.05. The summed E-state index contributed by atoms with van der Waals surface area (Å²) in [6.07, 6.45) is -2.41. The van der Waals surface area contributed by atoms with E-state index in [-0.39, 0.29) is 11.6 Å². The van der Waals surface area contributed by atoms with Crippen LogP contribution in [0, 0.1) is 5.92 Å². The topological polar surface area (TPSA) is 29.3 Å². The number of halogens is 2. The van der Waals surface area contributed by atoms with Crippen LogP contribution in [0.25, 0.3) is 0 Å². The smallest absolute Gasteiger partial charge is 0.263 e. The van der Waals surface area contributed by atoms with Gasteiger partial charge < -0.3 is 5.73 Å². The van der Waals surface area contributed by atoms with Crippen molar-refractivity contribution in [2.75, 3.05) is 20.1 Å².